The average Bonchev–Trinajstić information content (AvgIpc) is 2.89. The molecule has 3 aromatic carbocycles. The smallest absolute Gasteiger partial charge is 0.243 e. The highest BCUT2D eigenvalue weighted by atomic mass is 32.2. The second kappa shape index (κ2) is 10.6. The van der Waals surface area contributed by atoms with Gasteiger partial charge in [0.2, 0.25) is 15.9 Å². The number of ketones is 1. The Morgan fingerprint density at radius 3 is 2.03 bits per heavy atom. The second-order valence-electron chi connectivity index (χ2n) is 9.16. The van der Waals surface area contributed by atoms with Gasteiger partial charge in [0.05, 0.1) is 15.5 Å². The molecule has 1 saturated heterocycles. The van der Waals surface area contributed by atoms with E-state index in [0.29, 0.717) is 29.7 Å². The van der Waals surface area contributed by atoms with Crippen LogP contribution in [0, 0.1) is 12.8 Å². The van der Waals surface area contributed by atoms with Crippen molar-refractivity contribution in [2.24, 2.45) is 5.92 Å². The lowest BCUT2D eigenvalue weighted by Gasteiger charge is -2.30. The van der Waals surface area contributed by atoms with Crippen LogP contribution in [0.15, 0.2) is 82.6 Å². The third-order valence-corrected chi connectivity index (χ3v) is 9.47. The van der Waals surface area contributed by atoms with Crippen molar-refractivity contribution in [1.82, 2.24) is 4.31 Å². The first-order valence-corrected chi connectivity index (χ1v) is 15.1. The maximum Gasteiger partial charge on any atom is 0.243 e. The Balaban J connectivity index is 1.44. The zero-order chi connectivity index (χ0) is 26.8. The molecule has 0 radical (unpaired) electrons. The summed E-state index contributed by atoms with van der Waals surface area (Å²) in [6.45, 7) is 2.17. The molecule has 0 aliphatic carbocycles. The molecular formula is C27H28N2O6S2. The molecule has 1 heterocycles. The number of sulfonamides is 1. The van der Waals surface area contributed by atoms with Gasteiger partial charge in [-0.1, -0.05) is 42.0 Å². The Labute approximate surface area is 217 Å². The average molecular weight is 541 g/mol. The molecule has 194 valence electrons. The van der Waals surface area contributed by atoms with Crippen LogP contribution in [0.1, 0.15) is 34.3 Å². The highest BCUT2D eigenvalue weighted by molar-refractivity contribution is 7.90. The molecule has 0 aromatic heterocycles. The number of nitrogens with one attached hydrogen (secondary N) is 1. The number of piperidine rings is 1. The lowest BCUT2D eigenvalue weighted by atomic mass is 9.96. The van der Waals surface area contributed by atoms with Crippen molar-refractivity contribution in [2.45, 2.75) is 29.6 Å². The molecule has 37 heavy (non-hydrogen) atoms. The number of anilines is 1. The number of rotatable bonds is 7. The Morgan fingerprint density at radius 1 is 0.838 bits per heavy atom. The molecule has 1 fully saturated rings. The number of carbonyl (C=O) groups excluding carboxylic acids is 2. The van der Waals surface area contributed by atoms with Crippen LogP contribution in [0.5, 0.6) is 0 Å². The van der Waals surface area contributed by atoms with Crippen molar-refractivity contribution >= 4 is 37.2 Å². The van der Waals surface area contributed by atoms with Gasteiger partial charge in [-0.3, -0.25) is 9.59 Å². The molecule has 0 bridgehead atoms. The van der Waals surface area contributed by atoms with Crippen LogP contribution >= 0.6 is 0 Å². The van der Waals surface area contributed by atoms with Gasteiger partial charge in [0.25, 0.3) is 0 Å². The quantitative estimate of drug-likeness (QED) is 0.457. The van der Waals surface area contributed by atoms with Gasteiger partial charge in [-0.25, -0.2) is 16.8 Å². The molecular weight excluding hydrogens is 512 g/mol. The lowest BCUT2D eigenvalue weighted by Crippen LogP contribution is -2.41. The summed E-state index contributed by atoms with van der Waals surface area (Å²) in [5.74, 6) is -0.872. The Morgan fingerprint density at radius 2 is 1.43 bits per heavy atom. The van der Waals surface area contributed by atoms with Crippen LogP contribution in [0.25, 0.3) is 0 Å². The first-order chi connectivity index (χ1) is 17.5. The number of amides is 1. The maximum atomic E-state index is 13.1. The number of carbonyl (C=O) groups is 2. The predicted octanol–water partition coefficient (Wildman–Crippen LogP) is 3.67. The molecule has 8 nitrogen and oxygen atoms in total. The van der Waals surface area contributed by atoms with Crippen LogP contribution in [0.3, 0.4) is 0 Å². The highest BCUT2D eigenvalue weighted by Gasteiger charge is 2.32. The summed E-state index contributed by atoms with van der Waals surface area (Å²) in [5.41, 5.74) is 2.23. The van der Waals surface area contributed by atoms with Crippen LogP contribution in [0.2, 0.25) is 0 Å². The molecule has 0 atom stereocenters. The van der Waals surface area contributed by atoms with Crippen molar-refractivity contribution < 1.29 is 26.4 Å². The van der Waals surface area contributed by atoms with Crippen molar-refractivity contribution in [1.29, 1.82) is 0 Å². The fourth-order valence-corrected chi connectivity index (χ4v) is 6.40. The van der Waals surface area contributed by atoms with Crippen LogP contribution in [-0.2, 0) is 24.7 Å². The number of aryl methyl sites for hydroxylation is 1. The minimum absolute atomic E-state index is 0.00604. The summed E-state index contributed by atoms with van der Waals surface area (Å²) in [7, 11) is -7.26. The monoisotopic (exact) mass is 540 g/mol. The minimum atomic E-state index is -3.82. The van der Waals surface area contributed by atoms with Crippen molar-refractivity contribution in [2.75, 3.05) is 24.7 Å². The number of nitrogens with zero attached hydrogens (tertiary/aromatic N) is 1. The molecule has 3 aromatic rings. The van der Waals surface area contributed by atoms with Gasteiger partial charge in [-0.05, 0) is 56.2 Å². The first-order valence-electron chi connectivity index (χ1n) is 11.8. The minimum Gasteiger partial charge on any atom is -0.325 e. The fraction of sp³-hybridized carbons (Fsp3) is 0.259. The molecule has 1 aliphatic rings. The first kappa shape index (κ1) is 26.7. The molecule has 1 amide bonds. The van der Waals surface area contributed by atoms with E-state index in [2.05, 4.69) is 5.32 Å². The van der Waals surface area contributed by atoms with Gasteiger partial charge in [0, 0.05) is 36.4 Å². The van der Waals surface area contributed by atoms with Crippen molar-refractivity contribution in [3.05, 3.63) is 89.5 Å². The van der Waals surface area contributed by atoms with E-state index in [0.717, 1.165) is 11.8 Å². The standard InChI is InChI=1S/C27H28N2O6S2/c1-19-8-13-25(24(18-19)26(30)20-6-4-3-5-7-20)28-27(31)21-14-16-29(17-15-21)37(34,35)23-11-9-22(10-12-23)36(2,32)33/h3-13,18,21H,14-17H2,1-2H3,(H,28,31). The Hall–Kier alpha value is -3.34. The molecule has 0 unspecified atom stereocenters. The number of hydrogen-bond acceptors (Lipinski definition) is 6. The Kier molecular flexibility index (Phi) is 7.63. The molecule has 1 N–H and O–H groups in total. The summed E-state index contributed by atoms with van der Waals surface area (Å²) in [5, 5.41) is 2.88. The van der Waals surface area contributed by atoms with Crippen molar-refractivity contribution in [3.63, 3.8) is 0 Å². The summed E-state index contributed by atoms with van der Waals surface area (Å²) in [4.78, 5) is 26.2. The van der Waals surface area contributed by atoms with Gasteiger partial charge >= 0.3 is 0 Å². The maximum absolute atomic E-state index is 13.1. The number of benzene rings is 3. The van der Waals surface area contributed by atoms with Crippen LogP contribution in [0.4, 0.5) is 5.69 Å². The summed E-state index contributed by atoms with van der Waals surface area (Å²) >= 11 is 0. The third kappa shape index (κ3) is 5.98. The molecule has 0 saturated carbocycles. The summed E-state index contributed by atoms with van der Waals surface area (Å²) in [6.07, 6.45) is 1.70. The number of hydrogen-bond donors (Lipinski definition) is 1. The summed E-state index contributed by atoms with van der Waals surface area (Å²) < 4.78 is 50.7. The molecule has 10 heteroatoms. The third-order valence-electron chi connectivity index (χ3n) is 6.43. The second-order valence-corrected chi connectivity index (χ2v) is 13.1. The van der Waals surface area contributed by atoms with E-state index in [1.807, 2.05) is 19.1 Å². The van der Waals surface area contributed by atoms with Crippen molar-refractivity contribution in [3.8, 4) is 0 Å². The molecule has 0 spiro atoms. The molecule has 4 rings (SSSR count). The molecule has 1 aliphatic heterocycles. The zero-order valence-corrected chi connectivity index (χ0v) is 22.2. The normalized spacial score (nSPS) is 15.3. The van der Waals surface area contributed by atoms with E-state index < -0.39 is 25.8 Å². The lowest BCUT2D eigenvalue weighted by molar-refractivity contribution is -0.120. The topological polar surface area (TPSA) is 118 Å². The van der Waals surface area contributed by atoms with E-state index in [1.165, 1.54) is 28.6 Å². The van der Waals surface area contributed by atoms with Gasteiger partial charge < -0.3 is 5.32 Å². The van der Waals surface area contributed by atoms with Gasteiger partial charge in [0.15, 0.2) is 15.6 Å². The van der Waals surface area contributed by atoms with E-state index in [4.69, 9.17) is 0 Å². The van der Waals surface area contributed by atoms with Gasteiger partial charge in [-0.15, -0.1) is 0 Å². The SMILES string of the molecule is Cc1ccc(NC(=O)C2CCN(S(=O)(=O)c3ccc(S(C)(=O)=O)cc3)CC2)c(C(=O)c2ccccc2)c1. The van der Waals surface area contributed by atoms with Crippen LogP contribution < -0.4 is 5.32 Å². The van der Waals surface area contributed by atoms with Gasteiger partial charge in [0.1, 0.15) is 0 Å². The summed E-state index contributed by atoms with van der Waals surface area (Å²) in [6, 6.07) is 19.2. The number of sulfone groups is 1. The zero-order valence-electron chi connectivity index (χ0n) is 20.5. The van der Waals surface area contributed by atoms with Crippen LogP contribution in [-0.4, -0.2) is 52.2 Å². The Bertz CT molecular complexity index is 1530. The predicted molar refractivity (Wildman–Crippen MR) is 141 cm³/mol. The van der Waals surface area contributed by atoms with E-state index >= 15 is 0 Å². The largest absolute Gasteiger partial charge is 0.325 e. The fourth-order valence-electron chi connectivity index (χ4n) is 4.30. The van der Waals surface area contributed by atoms with E-state index in [1.54, 1.807) is 36.4 Å². The van der Waals surface area contributed by atoms with E-state index in [9.17, 15) is 26.4 Å². The van der Waals surface area contributed by atoms with E-state index in [-0.39, 0.29) is 34.6 Å². The highest BCUT2D eigenvalue weighted by Crippen LogP contribution is 2.27. The van der Waals surface area contributed by atoms with Gasteiger partial charge in [-0.2, -0.15) is 4.31 Å².